The van der Waals surface area contributed by atoms with Crippen molar-refractivity contribution >= 4 is 11.8 Å². The summed E-state index contributed by atoms with van der Waals surface area (Å²) in [5.74, 6) is 0.0590. The number of hydrogen-bond donors (Lipinski definition) is 0. The van der Waals surface area contributed by atoms with Crippen LogP contribution >= 0.6 is 0 Å². The van der Waals surface area contributed by atoms with Gasteiger partial charge >= 0.3 is 0 Å². The van der Waals surface area contributed by atoms with Crippen molar-refractivity contribution in [1.82, 2.24) is 24.7 Å². The van der Waals surface area contributed by atoms with E-state index in [1.807, 2.05) is 94.7 Å². The Bertz CT molecular complexity index is 1390. The molecule has 202 valence electrons. The minimum atomic E-state index is 0.0107. The maximum Gasteiger partial charge on any atom is 0.272 e. The number of carbonyl (C=O) groups is 2. The third-order valence-corrected chi connectivity index (χ3v) is 7.96. The van der Waals surface area contributed by atoms with Crippen LogP contribution in [0.1, 0.15) is 33.7 Å². The molecular weight excluding hydrogens is 498 g/mol. The predicted octanol–water partition coefficient (Wildman–Crippen LogP) is 4.87. The molecule has 2 saturated heterocycles. The molecule has 7 nitrogen and oxygen atoms in total. The summed E-state index contributed by atoms with van der Waals surface area (Å²) in [4.78, 5) is 42.0. The molecule has 2 amide bonds. The minimum Gasteiger partial charge on any atom is -0.337 e. The maximum atomic E-state index is 13.7. The summed E-state index contributed by atoms with van der Waals surface area (Å²) >= 11 is 0. The number of amides is 2. The van der Waals surface area contributed by atoms with Gasteiger partial charge in [-0.25, -0.2) is 4.98 Å². The second-order valence-corrected chi connectivity index (χ2v) is 10.4. The molecule has 6 rings (SSSR count). The number of hydrogen-bond acceptors (Lipinski definition) is 5. The van der Waals surface area contributed by atoms with Gasteiger partial charge in [0.1, 0.15) is 5.69 Å². The van der Waals surface area contributed by atoms with Crippen LogP contribution in [0.4, 0.5) is 0 Å². The van der Waals surface area contributed by atoms with Crippen molar-refractivity contribution in [3.63, 3.8) is 0 Å². The Morgan fingerprint density at radius 1 is 0.625 bits per heavy atom. The first-order valence-electron chi connectivity index (χ1n) is 14.0. The van der Waals surface area contributed by atoms with Gasteiger partial charge in [-0.05, 0) is 37.1 Å². The van der Waals surface area contributed by atoms with Crippen LogP contribution in [0, 0.1) is 0 Å². The van der Waals surface area contributed by atoms with Gasteiger partial charge in [0.15, 0.2) is 0 Å². The maximum absolute atomic E-state index is 13.7. The number of nitrogens with zero attached hydrogens (tertiary/aromatic N) is 5. The Morgan fingerprint density at radius 3 is 1.73 bits per heavy atom. The van der Waals surface area contributed by atoms with Gasteiger partial charge in [0.25, 0.3) is 11.8 Å². The highest BCUT2D eigenvalue weighted by molar-refractivity contribution is 5.96. The van der Waals surface area contributed by atoms with Gasteiger partial charge in [0.05, 0.1) is 11.4 Å². The van der Waals surface area contributed by atoms with Gasteiger partial charge in [-0.3, -0.25) is 19.5 Å². The van der Waals surface area contributed by atoms with Crippen molar-refractivity contribution in [2.75, 3.05) is 39.3 Å². The first-order chi connectivity index (χ1) is 19.7. The molecule has 0 saturated carbocycles. The summed E-state index contributed by atoms with van der Waals surface area (Å²) in [6.07, 6.45) is 3.55. The van der Waals surface area contributed by atoms with Crippen LogP contribution in [-0.4, -0.2) is 81.8 Å². The van der Waals surface area contributed by atoms with E-state index in [-0.39, 0.29) is 11.8 Å². The van der Waals surface area contributed by atoms with Crippen molar-refractivity contribution in [3.8, 4) is 22.5 Å². The molecule has 4 heterocycles. The number of carbonyl (C=O) groups excluding carboxylic acids is 2. The summed E-state index contributed by atoms with van der Waals surface area (Å²) in [5.41, 5.74) is 4.77. The molecule has 2 aliphatic heterocycles. The molecule has 2 aromatic carbocycles. The molecule has 2 aromatic heterocycles. The van der Waals surface area contributed by atoms with Crippen LogP contribution in [0.2, 0.25) is 0 Å². The van der Waals surface area contributed by atoms with Gasteiger partial charge < -0.3 is 9.80 Å². The highest BCUT2D eigenvalue weighted by atomic mass is 16.2. The number of piperidine rings is 1. The Kier molecular flexibility index (Phi) is 7.64. The lowest BCUT2D eigenvalue weighted by Gasteiger charge is -2.42. The van der Waals surface area contributed by atoms with E-state index in [1.54, 1.807) is 12.3 Å². The topological polar surface area (TPSA) is 69.6 Å². The van der Waals surface area contributed by atoms with Crippen LogP contribution in [0.15, 0.2) is 97.2 Å². The monoisotopic (exact) mass is 531 g/mol. The fraction of sp³-hybridized carbons (Fsp3) is 0.273. The lowest BCUT2D eigenvalue weighted by molar-refractivity contribution is 0.0410. The molecule has 2 fully saturated rings. The van der Waals surface area contributed by atoms with E-state index in [4.69, 9.17) is 4.98 Å². The predicted molar refractivity (Wildman–Crippen MR) is 156 cm³/mol. The Hall–Kier alpha value is -4.36. The van der Waals surface area contributed by atoms with E-state index < -0.39 is 0 Å². The van der Waals surface area contributed by atoms with E-state index in [0.717, 1.165) is 61.5 Å². The molecular formula is C33H33N5O2. The van der Waals surface area contributed by atoms with Crippen molar-refractivity contribution in [2.45, 2.75) is 18.9 Å². The number of likely N-dealkylation sites (tertiary alicyclic amines) is 1. The number of aromatic nitrogens is 2. The third-order valence-electron chi connectivity index (χ3n) is 7.96. The van der Waals surface area contributed by atoms with Crippen LogP contribution < -0.4 is 0 Å². The van der Waals surface area contributed by atoms with E-state index >= 15 is 0 Å². The van der Waals surface area contributed by atoms with Crippen LogP contribution in [-0.2, 0) is 0 Å². The summed E-state index contributed by atoms with van der Waals surface area (Å²) in [7, 11) is 0. The van der Waals surface area contributed by atoms with Gasteiger partial charge in [-0.15, -0.1) is 0 Å². The molecule has 0 radical (unpaired) electrons. The fourth-order valence-corrected chi connectivity index (χ4v) is 5.73. The van der Waals surface area contributed by atoms with Gasteiger partial charge in [0, 0.05) is 68.2 Å². The molecule has 0 unspecified atom stereocenters. The average Bonchev–Trinajstić information content (AvgIpc) is 3.05. The van der Waals surface area contributed by atoms with Crippen molar-refractivity contribution < 1.29 is 9.59 Å². The highest BCUT2D eigenvalue weighted by Crippen LogP contribution is 2.26. The second kappa shape index (κ2) is 11.8. The van der Waals surface area contributed by atoms with E-state index in [1.165, 1.54) is 0 Å². The first-order valence-corrected chi connectivity index (χ1v) is 14.0. The Balaban J connectivity index is 1.11. The molecule has 0 atom stereocenters. The largest absolute Gasteiger partial charge is 0.337 e. The summed E-state index contributed by atoms with van der Waals surface area (Å²) in [6.45, 7) is 4.53. The SMILES string of the molecule is O=C(c1cc(-c2ccccc2)nc(-c2ccccc2)c1)N1CCN(C2CCN(C(=O)c3ccccn3)CC2)CC1. The number of rotatable bonds is 5. The van der Waals surface area contributed by atoms with Gasteiger partial charge in [-0.2, -0.15) is 0 Å². The lowest BCUT2D eigenvalue weighted by atomic mass is 10.0. The lowest BCUT2D eigenvalue weighted by Crippen LogP contribution is -2.54. The summed E-state index contributed by atoms with van der Waals surface area (Å²) in [6, 6.07) is 29.8. The number of pyridine rings is 2. The molecule has 0 spiro atoms. The second-order valence-electron chi connectivity index (χ2n) is 10.4. The normalized spacial score (nSPS) is 16.6. The number of benzene rings is 2. The standard InChI is InChI=1S/C33H33N5O2/c39-32(27-23-30(25-9-3-1-4-10-25)35-31(24-27)26-11-5-2-6-12-26)38-21-19-36(20-22-38)28-14-17-37(18-15-28)33(40)29-13-7-8-16-34-29/h1-13,16,23-24,28H,14-15,17-22H2. The van der Waals surface area contributed by atoms with Gasteiger partial charge in [0.2, 0.25) is 0 Å². The molecule has 0 aliphatic carbocycles. The zero-order valence-corrected chi connectivity index (χ0v) is 22.5. The average molecular weight is 532 g/mol. The van der Waals surface area contributed by atoms with Crippen molar-refractivity contribution in [3.05, 3.63) is 108 Å². The molecule has 0 N–H and O–H groups in total. The summed E-state index contributed by atoms with van der Waals surface area (Å²) in [5, 5.41) is 0. The van der Waals surface area contributed by atoms with Crippen molar-refractivity contribution in [2.24, 2.45) is 0 Å². The van der Waals surface area contributed by atoms with Crippen LogP contribution in [0.5, 0.6) is 0 Å². The third kappa shape index (κ3) is 5.65. The Morgan fingerprint density at radius 2 is 1.18 bits per heavy atom. The molecule has 7 heteroatoms. The quantitative estimate of drug-likeness (QED) is 0.367. The van der Waals surface area contributed by atoms with E-state index in [2.05, 4.69) is 9.88 Å². The molecule has 2 aliphatic rings. The van der Waals surface area contributed by atoms with Gasteiger partial charge in [-0.1, -0.05) is 66.7 Å². The van der Waals surface area contributed by atoms with Crippen molar-refractivity contribution in [1.29, 1.82) is 0 Å². The van der Waals surface area contributed by atoms with Crippen LogP contribution in [0.3, 0.4) is 0 Å². The molecule has 0 bridgehead atoms. The molecule has 4 aromatic rings. The zero-order chi connectivity index (χ0) is 27.3. The highest BCUT2D eigenvalue weighted by Gasteiger charge is 2.31. The summed E-state index contributed by atoms with van der Waals surface area (Å²) < 4.78 is 0. The number of piperazine rings is 1. The molecule has 40 heavy (non-hydrogen) atoms. The Labute approximate surface area is 235 Å². The smallest absolute Gasteiger partial charge is 0.272 e. The fourth-order valence-electron chi connectivity index (χ4n) is 5.73. The zero-order valence-electron chi connectivity index (χ0n) is 22.5. The minimum absolute atomic E-state index is 0.0107. The van der Waals surface area contributed by atoms with E-state index in [0.29, 0.717) is 30.4 Å². The van der Waals surface area contributed by atoms with E-state index in [9.17, 15) is 9.59 Å². The van der Waals surface area contributed by atoms with Crippen LogP contribution in [0.25, 0.3) is 22.5 Å². The first kappa shape index (κ1) is 25.9.